The zero-order valence-corrected chi connectivity index (χ0v) is 37.2. The number of benzene rings is 10. The van der Waals surface area contributed by atoms with Crippen LogP contribution in [0.15, 0.2) is 245 Å². The molecule has 1 aliphatic rings. The van der Waals surface area contributed by atoms with Crippen LogP contribution in [0.25, 0.3) is 111 Å². The van der Waals surface area contributed by atoms with Crippen molar-refractivity contribution in [1.29, 1.82) is 0 Å². The molecule has 3 heterocycles. The maximum atomic E-state index is 6.55. The van der Waals surface area contributed by atoms with Gasteiger partial charge in [0.1, 0.15) is 22.3 Å². The van der Waals surface area contributed by atoms with Crippen LogP contribution < -0.4 is 0 Å². The van der Waals surface area contributed by atoms with Crippen LogP contribution in [0.5, 0.6) is 0 Å². The predicted molar refractivity (Wildman–Crippen MR) is 279 cm³/mol. The third-order valence-corrected chi connectivity index (χ3v) is 14.1. The van der Waals surface area contributed by atoms with Gasteiger partial charge >= 0.3 is 0 Å². The Morgan fingerprint density at radius 1 is 0.275 bits per heavy atom. The summed E-state index contributed by atoms with van der Waals surface area (Å²) < 4.78 is 12.8. The summed E-state index contributed by atoms with van der Waals surface area (Å²) in [4.78, 5) is 15.4. The van der Waals surface area contributed by atoms with Gasteiger partial charge in [-0.2, -0.15) is 0 Å². The molecule has 0 saturated carbocycles. The molecule has 5 nitrogen and oxygen atoms in total. The first-order chi connectivity index (χ1) is 34.2. The quantitative estimate of drug-likeness (QED) is 0.160. The highest BCUT2D eigenvalue weighted by atomic mass is 16.3. The van der Waals surface area contributed by atoms with Crippen molar-refractivity contribution in [2.24, 2.45) is 0 Å². The van der Waals surface area contributed by atoms with E-state index in [0.29, 0.717) is 17.5 Å². The Hall–Kier alpha value is -9.19. The standard InChI is InChI=1S/C64H39N3O2/c1-4-15-42(16-5-1)61-65-62(45-32-35-51-50-22-11-13-25-56(50)69-59(51)39-45)67-63(66-61)52-23-14-26-58-60(52)53-37-43(33-36-57(53)68-58)40-27-29-41(30-28-40)44-31-34-49-48-21-10-12-24-54(48)64(55(49)38-44,46-17-6-2-7-18-46)47-19-8-3-9-20-47/h1-39H. The highest BCUT2D eigenvalue weighted by Crippen LogP contribution is 2.56. The lowest BCUT2D eigenvalue weighted by Crippen LogP contribution is -2.28. The number of furan rings is 2. The lowest BCUT2D eigenvalue weighted by Gasteiger charge is -2.34. The number of nitrogens with zero attached hydrogens (tertiary/aromatic N) is 3. The highest BCUT2D eigenvalue weighted by Gasteiger charge is 2.46. The van der Waals surface area contributed by atoms with E-state index in [1.165, 1.54) is 38.9 Å². The maximum Gasteiger partial charge on any atom is 0.164 e. The molecule has 14 rings (SSSR count). The van der Waals surface area contributed by atoms with Crippen molar-refractivity contribution in [3.63, 3.8) is 0 Å². The van der Waals surface area contributed by atoms with Gasteiger partial charge in [-0.05, 0) is 98.1 Å². The number of rotatable bonds is 7. The van der Waals surface area contributed by atoms with E-state index < -0.39 is 5.41 Å². The molecule has 13 aromatic rings. The molecule has 0 amide bonds. The molecule has 0 unspecified atom stereocenters. The Bertz CT molecular complexity index is 4080. The summed E-state index contributed by atoms with van der Waals surface area (Å²) >= 11 is 0. The summed E-state index contributed by atoms with van der Waals surface area (Å²) in [7, 11) is 0. The van der Waals surface area contributed by atoms with Gasteiger partial charge in [-0.15, -0.1) is 0 Å². The first-order valence-corrected chi connectivity index (χ1v) is 23.3. The smallest absolute Gasteiger partial charge is 0.164 e. The summed E-state index contributed by atoms with van der Waals surface area (Å²) in [6.45, 7) is 0. The van der Waals surface area contributed by atoms with Crippen LogP contribution in [-0.4, -0.2) is 15.0 Å². The van der Waals surface area contributed by atoms with E-state index in [0.717, 1.165) is 77.3 Å². The Morgan fingerprint density at radius 3 is 1.57 bits per heavy atom. The molecular weight excluding hydrogens is 843 g/mol. The normalized spacial score (nSPS) is 12.8. The molecule has 5 heteroatoms. The lowest BCUT2D eigenvalue weighted by molar-refractivity contribution is 0.668. The van der Waals surface area contributed by atoms with Crippen molar-refractivity contribution < 1.29 is 8.83 Å². The van der Waals surface area contributed by atoms with E-state index in [2.05, 4.69) is 170 Å². The van der Waals surface area contributed by atoms with E-state index in [4.69, 9.17) is 23.8 Å². The molecule has 0 aliphatic heterocycles. The molecule has 0 fully saturated rings. The van der Waals surface area contributed by atoms with Crippen LogP contribution in [0, 0.1) is 0 Å². The minimum absolute atomic E-state index is 0.457. The largest absolute Gasteiger partial charge is 0.456 e. The van der Waals surface area contributed by atoms with Gasteiger partial charge in [-0.3, -0.25) is 0 Å². The second-order valence-electron chi connectivity index (χ2n) is 17.8. The second kappa shape index (κ2) is 15.4. The van der Waals surface area contributed by atoms with Crippen molar-refractivity contribution in [2.45, 2.75) is 5.41 Å². The summed E-state index contributed by atoms with van der Waals surface area (Å²) in [5.74, 6) is 1.71. The number of fused-ring (bicyclic) bond motifs is 9. The van der Waals surface area contributed by atoms with Crippen molar-refractivity contribution in [3.05, 3.63) is 259 Å². The Labute approximate surface area is 397 Å². The maximum absolute atomic E-state index is 6.55. The molecule has 322 valence electrons. The molecule has 0 saturated heterocycles. The zero-order chi connectivity index (χ0) is 45.5. The number of hydrogen-bond acceptors (Lipinski definition) is 5. The fraction of sp³-hybridized carbons (Fsp3) is 0.0156. The van der Waals surface area contributed by atoms with E-state index >= 15 is 0 Å². The Morgan fingerprint density at radius 2 is 0.797 bits per heavy atom. The van der Waals surface area contributed by atoms with Gasteiger partial charge in [-0.25, -0.2) is 15.0 Å². The van der Waals surface area contributed by atoms with Gasteiger partial charge in [0.15, 0.2) is 17.5 Å². The van der Waals surface area contributed by atoms with Crippen molar-refractivity contribution >= 4 is 43.9 Å². The van der Waals surface area contributed by atoms with Crippen LogP contribution in [0.3, 0.4) is 0 Å². The first kappa shape index (κ1) is 39.0. The van der Waals surface area contributed by atoms with Crippen molar-refractivity contribution in [2.75, 3.05) is 0 Å². The second-order valence-corrected chi connectivity index (χ2v) is 17.8. The minimum Gasteiger partial charge on any atom is -0.456 e. The van der Waals surface area contributed by atoms with Crippen LogP contribution in [0.1, 0.15) is 22.3 Å². The SMILES string of the molecule is c1ccc(-c2nc(-c3ccc4c(c3)oc3ccccc34)nc(-c3cccc4oc5ccc(-c6ccc(-c7ccc8c(c7)C(c7ccccc7)(c7ccccc7)c7ccccc7-8)cc6)cc5c34)n2)cc1. The average Bonchev–Trinajstić information content (AvgIpc) is 4.09. The highest BCUT2D eigenvalue weighted by molar-refractivity contribution is 6.13. The van der Waals surface area contributed by atoms with E-state index in [9.17, 15) is 0 Å². The fourth-order valence-corrected chi connectivity index (χ4v) is 10.9. The van der Waals surface area contributed by atoms with Crippen LogP contribution in [0.2, 0.25) is 0 Å². The molecule has 0 spiro atoms. The Kier molecular flexibility index (Phi) is 8.73. The molecule has 0 bridgehead atoms. The molecular formula is C64H39N3O2. The lowest BCUT2D eigenvalue weighted by atomic mass is 9.67. The molecule has 69 heavy (non-hydrogen) atoms. The van der Waals surface area contributed by atoms with E-state index in [1.54, 1.807) is 0 Å². The van der Waals surface area contributed by atoms with Crippen LogP contribution >= 0.6 is 0 Å². The van der Waals surface area contributed by atoms with Crippen LogP contribution in [-0.2, 0) is 5.41 Å². The summed E-state index contributed by atoms with van der Waals surface area (Å²) in [6, 6.07) is 83.7. The monoisotopic (exact) mass is 881 g/mol. The third-order valence-electron chi connectivity index (χ3n) is 14.1. The molecule has 10 aromatic carbocycles. The number of para-hydroxylation sites is 1. The van der Waals surface area contributed by atoms with Gasteiger partial charge in [0.25, 0.3) is 0 Å². The first-order valence-electron chi connectivity index (χ1n) is 23.3. The van der Waals surface area contributed by atoms with Gasteiger partial charge in [0.2, 0.25) is 0 Å². The summed E-state index contributed by atoms with van der Waals surface area (Å²) in [5.41, 5.74) is 17.5. The van der Waals surface area contributed by atoms with Crippen LogP contribution in [0.4, 0.5) is 0 Å². The molecule has 0 N–H and O–H groups in total. The summed E-state index contributed by atoms with van der Waals surface area (Å²) in [6.07, 6.45) is 0. The van der Waals surface area contributed by atoms with E-state index in [1.807, 2.05) is 66.7 Å². The molecule has 0 radical (unpaired) electrons. The van der Waals surface area contributed by atoms with Crippen molar-refractivity contribution in [3.8, 4) is 67.5 Å². The molecule has 3 aromatic heterocycles. The summed E-state index contributed by atoms with van der Waals surface area (Å²) in [5, 5.41) is 4.07. The predicted octanol–water partition coefficient (Wildman–Crippen LogP) is 16.4. The minimum atomic E-state index is -0.457. The zero-order valence-electron chi connectivity index (χ0n) is 37.2. The van der Waals surface area contributed by atoms with Gasteiger partial charge < -0.3 is 8.83 Å². The topological polar surface area (TPSA) is 65.0 Å². The van der Waals surface area contributed by atoms with Crippen molar-refractivity contribution in [1.82, 2.24) is 15.0 Å². The fourth-order valence-electron chi connectivity index (χ4n) is 10.9. The van der Waals surface area contributed by atoms with Gasteiger partial charge in [0, 0.05) is 38.2 Å². The third kappa shape index (κ3) is 6.14. The molecule has 1 aliphatic carbocycles. The average molecular weight is 882 g/mol. The van der Waals surface area contributed by atoms with Gasteiger partial charge in [0.05, 0.1) is 5.41 Å². The number of hydrogen-bond donors (Lipinski definition) is 0. The van der Waals surface area contributed by atoms with E-state index in [-0.39, 0.29) is 0 Å². The van der Waals surface area contributed by atoms with Gasteiger partial charge in [-0.1, -0.05) is 194 Å². The molecule has 0 atom stereocenters. The number of aromatic nitrogens is 3. The Balaban J connectivity index is 0.865.